The quantitative estimate of drug-likeness (QED) is 0.709. The molecule has 0 atom stereocenters. The van der Waals surface area contributed by atoms with Crippen molar-refractivity contribution in [1.29, 1.82) is 0 Å². The Morgan fingerprint density at radius 3 is 2.31 bits per heavy atom. The number of rotatable bonds is 8. The molecule has 0 saturated carbocycles. The van der Waals surface area contributed by atoms with Gasteiger partial charge in [-0.25, -0.2) is 13.2 Å². The molecule has 0 aromatic heterocycles. The van der Waals surface area contributed by atoms with E-state index in [0.717, 1.165) is 6.42 Å². The molecule has 0 bridgehead atoms. The highest BCUT2D eigenvalue weighted by Gasteiger charge is 2.21. The lowest BCUT2D eigenvalue weighted by Crippen LogP contribution is -2.14. The Morgan fingerprint density at radius 1 is 1.04 bits per heavy atom. The highest BCUT2D eigenvalue weighted by molar-refractivity contribution is 7.92. The average molecular weight is 379 g/mol. The van der Waals surface area contributed by atoms with Gasteiger partial charge in [-0.3, -0.25) is 4.72 Å². The van der Waals surface area contributed by atoms with Gasteiger partial charge in [0.05, 0.1) is 26.4 Å². The fraction of sp³-hybridized carbons (Fsp3) is 0.278. The number of benzene rings is 2. The molecule has 0 aliphatic heterocycles. The molecule has 0 aliphatic rings. The molecule has 8 heteroatoms. The van der Waals surface area contributed by atoms with Gasteiger partial charge in [-0.15, -0.1) is 0 Å². The van der Waals surface area contributed by atoms with Crippen LogP contribution in [0.3, 0.4) is 0 Å². The Kier molecular flexibility index (Phi) is 6.46. The van der Waals surface area contributed by atoms with Gasteiger partial charge in [0.1, 0.15) is 16.4 Å². The summed E-state index contributed by atoms with van der Waals surface area (Å²) in [6.45, 7) is 2.24. The first kappa shape index (κ1) is 19.6. The van der Waals surface area contributed by atoms with Crippen LogP contribution < -0.4 is 14.2 Å². The number of methoxy groups -OCH3 is 2. The summed E-state index contributed by atoms with van der Waals surface area (Å²) >= 11 is 0. The van der Waals surface area contributed by atoms with E-state index in [1.807, 2.05) is 6.92 Å². The number of nitrogens with one attached hydrogen (secondary N) is 1. The molecule has 26 heavy (non-hydrogen) atoms. The summed E-state index contributed by atoms with van der Waals surface area (Å²) in [5.41, 5.74) is 0.655. The number of ether oxygens (including phenoxy) is 3. The lowest BCUT2D eigenvalue weighted by Gasteiger charge is -2.13. The zero-order valence-corrected chi connectivity index (χ0v) is 15.6. The monoisotopic (exact) mass is 379 g/mol. The minimum absolute atomic E-state index is 0.0502. The van der Waals surface area contributed by atoms with Gasteiger partial charge in [-0.2, -0.15) is 0 Å². The molecule has 0 saturated heterocycles. The van der Waals surface area contributed by atoms with Crippen LogP contribution >= 0.6 is 0 Å². The maximum atomic E-state index is 12.7. The van der Waals surface area contributed by atoms with Gasteiger partial charge in [0.2, 0.25) is 0 Å². The molecule has 0 spiro atoms. The molecule has 0 aliphatic carbocycles. The van der Waals surface area contributed by atoms with Crippen molar-refractivity contribution in [2.24, 2.45) is 0 Å². The molecule has 0 amide bonds. The molecule has 0 radical (unpaired) electrons. The number of esters is 1. The third-order valence-corrected chi connectivity index (χ3v) is 4.87. The van der Waals surface area contributed by atoms with Crippen molar-refractivity contribution in [3.8, 4) is 11.5 Å². The van der Waals surface area contributed by atoms with E-state index in [1.165, 1.54) is 50.6 Å². The normalized spacial score (nSPS) is 10.9. The summed E-state index contributed by atoms with van der Waals surface area (Å²) in [5, 5.41) is 0. The third-order valence-electron chi connectivity index (χ3n) is 3.47. The van der Waals surface area contributed by atoms with Crippen molar-refractivity contribution in [2.75, 3.05) is 25.5 Å². The molecule has 0 fully saturated rings. The van der Waals surface area contributed by atoms with Crippen LogP contribution in [0.15, 0.2) is 47.4 Å². The topological polar surface area (TPSA) is 90.9 Å². The summed E-state index contributed by atoms with van der Waals surface area (Å²) in [5.74, 6) is 0.133. The standard InChI is InChI=1S/C18H21NO6S/c1-4-11-25-18(20)13-5-7-14(8-6-13)19-26(21,22)17-12-15(23-2)9-10-16(17)24-3/h5-10,12,19H,4,11H2,1-3H3. The van der Waals surface area contributed by atoms with Gasteiger partial charge < -0.3 is 14.2 Å². The van der Waals surface area contributed by atoms with Crippen LogP contribution in [0, 0.1) is 0 Å². The molecule has 2 rings (SSSR count). The van der Waals surface area contributed by atoms with Crippen molar-refractivity contribution < 1.29 is 27.4 Å². The molecular formula is C18H21NO6S. The Morgan fingerprint density at radius 2 is 1.73 bits per heavy atom. The van der Waals surface area contributed by atoms with E-state index in [9.17, 15) is 13.2 Å². The smallest absolute Gasteiger partial charge is 0.338 e. The van der Waals surface area contributed by atoms with E-state index in [2.05, 4.69) is 4.72 Å². The van der Waals surface area contributed by atoms with E-state index >= 15 is 0 Å². The fourth-order valence-electron chi connectivity index (χ4n) is 2.16. The van der Waals surface area contributed by atoms with Gasteiger partial charge >= 0.3 is 5.97 Å². The lowest BCUT2D eigenvalue weighted by molar-refractivity contribution is 0.0505. The molecule has 2 aromatic rings. The Balaban J connectivity index is 2.23. The number of carbonyl (C=O) groups excluding carboxylic acids is 1. The molecule has 1 N–H and O–H groups in total. The second-order valence-corrected chi connectivity index (χ2v) is 6.99. The summed E-state index contributed by atoms with van der Waals surface area (Å²) in [7, 11) is -1.07. The highest BCUT2D eigenvalue weighted by atomic mass is 32.2. The van der Waals surface area contributed by atoms with E-state index in [4.69, 9.17) is 14.2 Å². The van der Waals surface area contributed by atoms with Crippen LogP contribution in [0.5, 0.6) is 11.5 Å². The fourth-order valence-corrected chi connectivity index (χ4v) is 3.40. The SMILES string of the molecule is CCCOC(=O)c1ccc(NS(=O)(=O)c2cc(OC)ccc2OC)cc1. The second-order valence-electron chi connectivity index (χ2n) is 5.34. The van der Waals surface area contributed by atoms with E-state index in [1.54, 1.807) is 6.07 Å². The number of anilines is 1. The van der Waals surface area contributed by atoms with Gasteiger partial charge in [-0.05, 0) is 42.8 Å². The predicted molar refractivity (Wildman–Crippen MR) is 97.4 cm³/mol. The van der Waals surface area contributed by atoms with Gasteiger partial charge in [-0.1, -0.05) is 6.92 Å². The maximum absolute atomic E-state index is 12.7. The summed E-state index contributed by atoms with van der Waals surface area (Å²) < 4.78 is 43.0. The van der Waals surface area contributed by atoms with Crippen molar-refractivity contribution in [3.63, 3.8) is 0 Å². The molecular weight excluding hydrogens is 358 g/mol. The van der Waals surface area contributed by atoms with Gasteiger partial charge in [0, 0.05) is 11.8 Å². The van der Waals surface area contributed by atoms with Crippen LogP contribution in [0.1, 0.15) is 23.7 Å². The molecule has 7 nitrogen and oxygen atoms in total. The first-order valence-electron chi connectivity index (χ1n) is 7.93. The van der Waals surface area contributed by atoms with Crippen molar-refractivity contribution in [1.82, 2.24) is 0 Å². The maximum Gasteiger partial charge on any atom is 0.338 e. The summed E-state index contributed by atoms with van der Waals surface area (Å²) in [6.07, 6.45) is 0.728. The second kappa shape index (κ2) is 8.57. The van der Waals surface area contributed by atoms with Crippen molar-refractivity contribution in [3.05, 3.63) is 48.0 Å². The van der Waals surface area contributed by atoms with Crippen molar-refractivity contribution in [2.45, 2.75) is 18.2 Å². The number of hydrogen-bond donors (Lipinski definition) is 1. The highest BCUT2D eigenvalue weighted by Crippen LogP contribution is 2.29. The van der Waals surface area contributed by atoms with Crippen LogP contribution in [0.25, 0.3) is 0 Å². The third kappa shape index (κ3) is 4.66. The van der Waals surface area contributed by atoms with Crippen molar-refractivity contribution >= 4 is 21.7 Å². The number of hydrogen-bond acceptors (Lipinski definition) is 6. The van der Waals surface area contributed by atoms with Crippen LogP contribution in [-0.2, 0) is 14.8 Å². The lowest BCUT2D eigenvalue weighted by atomic mass is 10.2. The molecule has 0 unspecified atom stereocenters. The predicted octanol–water partition coefficient (Wildman–Crippen LogP) is 3.07. The average Bonchev–Trinajstić information content (AvgIpc) is 2.65. The van der Waals surface area contributed by atoms with Gasteiger partial charge in [0.25, 0.3) is 10.0 Å². The Labute approximate surface area is 152 Å². The Hall–Kier alpha value is -2.74. The zero-order valence-electron chi connectivity index (χ0n) is 14.8. The van der Waals surface area contributed by atoms with Crippen LogP contribution in [0.2, 0.25) is 0 Å². The number of carbonyl (C=O) groups is 1. The van der Waals surface area contributed by atoms with Crippen LogP contribution in [0.4, 0.5) is 5.69 Å². The molecule has 140 valence electrons. The van der Waals surface area contributed by atoms with E-state index in [0.29, 0.717) is 23.6 Å². The largest absolute Gasteiger partial charge is 0.497 e. The summed E-state index contributed by atoms with van der Waals surface area (Å²) in [6, 6.07) is 10.5. The van der Waals surface area contributed by atoms with Crippen LogP contribution in [-0.4, -0.2) is 35.2 Å². The first-order valence-corrected chi connectivity index (χ1v) is 9.41. The first-order chi connectivity index (χ1) is 12.4. The zero-order chi connectivity index (χ0) is 19.2. The molecule has 0 heterocycles. The minimum Gasteiger partial charge on any atom is -0.497 e. The molecule has 2 aromatic carbocycles. The summed E-state index contributed by atoms with van der Waals surface area (Å²) in [4.78, 5) is 11.7. The van der Waals surface area contributed by atoms with E-state index < -0.39 is 16.0 Å². The Bertz CT molecular complexity index is 862. The minimum atomic E-state index is -3.91. The number of sulfonamides is 1. The van der Waals surface area contributed by atoms with Gasteiger partial charge in [0.15, 0.2) is 0 Å². The van der Waals surface area contributed by atoms with E-state index in [-0.39, 0.29) is 10.6 Å².